The molecule has 2 aliphatic carbocycles. The Morgan fingerprint density at radius 3 is 2.56 bits per heavy atom. The van der Waals surface area contributed by atoms with Gasteiger partial charge in [-0.3, -0.25) is 4.79 Å². The summed E-state index contributed by atoms with van der Waals surface area (Å²) in [4.78, 5) is 13.4. The lowest BCUT2D eigenvalue weighted by atomic mass is 9.95. The fourth-order valence-electron chi connectivity index (χ4n) is 3.70. The quantitative estimate of drug-likeness (QED) is 0.300. The monoisotopic (exact) mass is 396 g/mol. The van der Waals surface area contributed by atoms with Gasteiger partial charge in [0.15, 0.2) is 0 Å². The molecular weight excluding hydrogens is 376 g/mol. The van der Waals surface area contributed by atoms with Gasteiger partial charge in [0.25, 0.3) is 5.91 Å². The highest BCUT2D eigenvalue weighted by Gasteiger charge is 2.34. The number of nitrogens with one attached hydrogen (secondary N) is 1. The third kappa shape index (κ3) is 4.63. The highest BCUT2D eigenvalue weighted by molar-refractivity contribution is 7.98. The molecule has 4 rings (SSSR count). The Hall–Kier alpha value is -2.04. The number of carbonyl (C=O) groups excluding carboxylic acids is 1. The maximum absolute atomic E-state index is 12.2. The average molecular weight is 397 g/mol. The molecule has 2 bridgehead atoms. The molecule has 0 aromatic heterocycles. The lowest BCUT2D eigenvalue weighted by Gasteiger charge is -2.11. The molecule has 0 aliphatic heterocycles. The molecular formula is C22H21ClN2OS. The van der Waals surface area contributed by atoms with Crippen LogP contribution in [-0.2, 0) is 5.75 Å². The summed E-state index contributed by atoms with van der Waals surface area (Å²) >= 11 is 7.65. The number of fused-ring (bicyclic) bond motifs is 2. The third-order valence-corrected chi connectivity index (χ3v) is 6.53. The van der Waals surface area contributed by atoms with E-state index in [0.717, 1.165) is 17.2 Å². The first-order valence-electron chi connectivity index (χ1n) is 9.16. The van der Waals surface area contributed by atoms with Gasteiger partial charge in [0.1, 0.15) is 0 Å². The normalized spacial score (nSPS) is 23.2. The smallest absolute Gasteiger partial charge is 0.267 e. The molecule has 0 radical (unpaired) electrons. The average Bonchev–Trinajstić information content (AvgIpc) is 3.31. The largest absolute Gasteiger partial charge is 0.271 e. The second-order valence-corrected chi connectivity index (χ2v) is 8.59. The molecule has 2 aromatic carbocycles. The maximum atomic E-state index is 12.2. The minimum absolute atomic E-state index is 0.165. The van der Waals surface area contributed by atoms with Gasteiger partial charge in [-0.25, -0.2) is 5.43 Å². The van der Waals surface area contributed by atoms with Crippen molar-refractivity contribution in [1.82, 2.24) is 5.43 Å². The van der Waals surface area contributed by atoms with E-state index in [0.29, 0.717) is 23.3 Å². The summed E-state index contributed by atoms with van der Waals surface area (Å²) in [5, 5.41) is 4.93. The first kappa shape index (κ1) is 18.3. The number of benzene rings is 2. The fourth-order valence-corrected chi connectivity index (χ4v) is 4.68. The number of halogens is 1. The number of hydrogen-bond donors (Lipinski definition) is 1. The van der Waals surface area contributed by atoms with Crippen LogP contribution in [0, 0.1) is 17.8 Å². The van der Waals surface area contributed by atoms with Crippen molar-refractivity contribution in [1.29, 1.82) is 0 Å². The van der Waals surface area contributed by atoms with Gasteiger partial charge in [-0.05, 0) is 66.6 Å². The number of hydrazone groups is 1. The number of thioether (sulfide) groups is 1. The van der Waals surface area contributed by atoms with Gasteiger partial charge < -0.3 is 0 Å². The van der Waals surface area contributed by atoms with Crippen molar-refractivity contribution in [2.45, 2.75) is 23.5 Å². The van der Waals surface area contributed by atoms with Crippen LogP contribution in [0.3, 0.4) is 0 Å². The van der Waals surface area contributed by atoms with Crippen molar-refractivity contribution in [2.75, 3.05) is 0 Å². The van der Waals surface area contributed by atoms with E-state index in [9.17, 15) is 4.79 Å². The SMILES string of the molecule is O=C(N/N=C\[C@@H]1C[C@H]2C=C[C@H]1C2)c1ccc(CSc2ccc(Cl)cc2)cc1. The third-order valence-electron chi connectivity index (χ3n) is 5.20. The Morgan fingerprint density at radius 1 is 1.11 bits per heavy atom. The van der Waals surface area contributed by atoms with E-state index in [1.165, 1.54) is 16.9 Å². The number of amides is 1. The molecule has 1 saturated carbocycles. The van der Waals surface area contributed by atoms with Crippen LogP contribution in [0.5, 0.6) is 0 Å². The van der Waals surface area contributed by atoms with E-state index in [4.69, 9.17) is 11.6 Å². The van der Waals surface area contributed by atoms with E-state index >= 15 is 0 Å². The summed E-state index contributed by atoms with van der Waals surface area (Å²) in [6.45, 7) is 0. The van der Waals surface area contributed by atoms with Crippen LogP contribution in [0.25, 0.3) is 0 Å². The van der Waals surface area contributed by atoms with E-state index in [-0.39, 0.29) is 5.91 Å². The van der Waals surface area contributed by atoms with E-state index < -0.39 is 0 Å². The van der Waals surface area contributed by atoms with Crippen molar-refractivity contribution in [3.8, 4) is 0 Å². The van der Waals surface area contributed by atoms with Crippen molar-refractivity contribution in [3.63, 3.8) is 0 Å². The van der Waals surface area contributed by atoms with Crippen LogP contribution in [0.2, 0.25) is 5.02 Å². The van der Waals surface area contributed by atoms with Crippen LogP contribution in [0.15, 0.2) is 70.7 Å². The van der Waals surface area contributed by atoms with E-state index in [2.05, 4.69) is 22.7 Å². The van der Waals surface area contributed by atoms with Crippen LogP contribution in [0.4, 0.5) is 0 Å². The van der Waals surface area contributed by atoms with Gasteiger partial charge in [-0.1, -0.05) is 35.9 Å². The fraction of sp³-hybridized carbons (Fsp3) is 0.273. The number of rotatable bonds is 6. The topological polar surface area (TPSA) is 41.5 Å². The first-order valence-corrected chi connectivity index (χ1v) is 10.5. The highest BCUT2D eigenvalue weighted by Crippen LogP contribution is 2.42. The molecule has 27 heavy (non-hydrogen) atoms. The van der Waals surface area contributed by atoms with Crippen LogP contribution >= 0.6 is 23.4 Å². The molecule has 3 atom stereocenters. The molecule has 1 amide bonds. The zero-order valence-electron chi connectivity index (χ0n) is 14.8. The standard InChI is InChI=1S/C22H21ClN2OS/c23-20-7-9-21(10-8-20)27-14-15-1-4-17(5-2-15)22(26)25-24-13-19-12-16-3-6-18(19)11-16/h1-10,13,16,18-19H,11-12,14H2,(H,25,26)/b24-13-/t16-,18-,19-/m0/s1. The van der Waals surface area contributed by atoms with Crippen LogP contribution < -0.4 is 5.43 Å². The van der Waals surface area contributed by atoms with Crippen LogP contribution in [-0.4, -0.2) is 12.1 Å². The van der Waals surface area contributed by atoms with Crippen molar-refractivity contribution >= 4 is 35.5 Å². The summed E-state index contributed by atoms with van der Waals surface area (Å²) in [6.07, 6.45) is 8.89. The zero-order chi connectivity index (χ0) is 18.6. The predicted molar refractivity (Wildman–Crippen MR) is 112 cm³/mol. The van der Waals surface area contributed by atoms with Gasteiger partial charge in [0, 0.05) is 33.4 Å². The summed E-state index contributed by atoms with van der Waals surface area (Å²) in [6, 6.07) is 15.5. The Balaban J connectivity index is 1.27. The minimum Gasteiger partial charge on any atom is -0.267 e. The molecule has 138 valence electrons. The molecule has 0 heterocycles. The Bertz CT molecular complexity index is 861. The molecule has 3 nitrogen and oxygen atoms in total. The highest BCUT2D eigenvalue weighted by atomic mass is 35.5. The van der Waals surface area contributed by atoms with Crippen molar-refractivity contribution in [3.05, 3.63) is 76.8 Å². The minimum atomic E-state index is -0.165. The molecule has 0 spiro atoms. The van der Waals surface area contributed by atoms with Crippen molar-refractivity contribution in [2.24, 2.45) is 22.9 Å². The van der Waals surface area contributed by atoms with E-state index in [1.54, 1.807) is 11.8 Å². The summed E-state index contributed by atoms with van der Waals surface area (Å²) in [5.41, 5.74) is 4.45. The maximum Gasteiger partial charge on any atom is 0.271 e. The number of carbonyl (C=O) groups is 1. The number of nitrogens with zero attached hydrogens (tertiary/aromatic N) is 1. The molecule has 1 fully saturated rings. The number of allylic oxidation sites excluding steroid dienone is 2. The number of hydrogen-bond acceptors (Lipinski definition) is 3. The lowest BCUT2D eigenvalue weighted by molar-refractivity contribution is 0.0955. The van der Waals surface area contributed by atoms with E-state index in [1.807, 2.05) is 54.7 Å². The molecule has 2 aliphatic rings. The van der Waals surface area contributed by atoms with Gasteiger partial charge >= 0.3 is 0 Å². The second kappa shape index (κ2) is 8.32. The predicted octanol–water partition coefficient (Wildman–Crippen LogP) is 5.56. The zero-order valence-corrected chi connectivity index (χ0v) is 16.4. The van der Waals surface area contributed by atoms with Gasteiger partial charge in [-0.2, -0.15) is 5.10 Å². The first-order chi connectivity index (χ1) is 13.2. The molecule has 0 unspecified atom stereocenters. The van der Waals surface area contributed by atoms with Gasteiger partial charge in [-0.15, -0.1) is 11.8 Å². The van der Waals surface area contributed by atoms with Gasteiger partial charge in [0.2, 0.25) is 0 Å². The molecule has 2 aromatic rings. The second-order valence-electron chi connectivity index (χ2n) is 7.10. The van der Waals surface area contributed by atoms with Crippen molar-refractivity contribution < 1.29 is 4.79 Å². The van der Waals surface area contributed by atoms with Gasteiger partial charge in [0.05, 0.1) is 0 Å². The summed E-state index contributed by atoms with van der Waals surface area (Å²) in [5.74, 6) is 2.46. The van der Waals surface area contributed by atoms with Crippen LogP contribution in [0.1, 0.15) is 28.8 Å². The summed E-state index contributed by atoms with van der Waals surface area (Å²) < 4.78 is 0. The Labute approximate surface area is 168 Å². The Morgan fingerprint density at radius 2 is 1.89 bits per heavy atom. The molecule has 1 N–H and O–H groups in total. The molecule has 0 saturated heterocycles. The lowest BCUT2D eigenvalue weighted by Crippen LogP contribution is -2.19. The summed E-state index contributed by atoms with van der Waals surface area (Å²) in [7, 11) is 0. The molecule has 5 heteroatoms. The Kier molecular flexibility index (Phi) is 5.65.